The first kappa shape index (κ1) is 15.2. The SMILES string of the molecule is c1cncc(-c2nc(NCC3CCCO3)ncc2-c2ccsc2)c1. The summed E-state index contributed by atoms with van der Waals surface area (Å²) in [6, 6.07) is 6.03. The molecule has 1 saturated heterocycles. The van der Waals surface area contributed by atoms with Crippen molar-refractivity contribution in [3.05, 3.63) is 47.5 Å². The number of pyridine rings is 1. The van der Waals surface area contributed by atoms with E-state index in [2.05, 4.69) is 32.1 Å². The molecule has 24 heavy (non-hydrogen) atoms. The topological polar surface area (TPSA) is 59.9 Å². The number of nitrogens with zero attached hydrogens (tertiary/aromatic N) is 3. The van der Waals surface area contributed by atoms with E-state index >= 15 is 0 Å². The van der Waals surface area contributed by atoms with Gasteiger partial charge in [-0.3, -0.25) is 4.98 Å². The number of hydrogen-bond acceptors (Lipinski definition) is 6. The Hall–Kier alpha value is -2.31. The van der Waals surface area contributed by atoms with Crippen LogP contribution in [-0.2, 0) is 4.74 Å². The highest BCUT2D eigenvalue weighted by atomic mass is 32.1. The third-order valence-electron chi connectivity index (χ3n) is 4.07. The van der Waals surface area contributed by atoms with Crippen molar-refractivity contribution in [2.45, 2.75) is 18.9 Å². The molecule has 122 valence electrons. The Morgan fingerprint density at radius 1 is 1.25 bits per heavy atom. The van der Waals surface area contributed by atoms with Gasteiger partial charge in [-0.2, -0.15) is 11.3 Å². The van der Waals surface area contributed by atoms with E-state index in [1.165, 1.54) is 0 Å². The smallest absolute Gasteiger partial charge is 0.223 e. The molecule has 0 bridgehead atoms. The molecule has 0 aliphatic carbocycles. The number of ether oxygens (including phenoxy) is 1. The number of hydrogen-bond donors (Lipinski definition) is 1. The molecule has 3 aromatic rings. The van der Waals surface area contributed by atoms with Crippen LogP contribution in [0.3, 0.4) is 0 Å². The van der Waals surface area contributed by atoms with E-state index in [4.69, 9.17) is 9.72 Å². The fraction of sp³-hybridized carbons (Fsp3) is 0.278. The molecule has 5 nitrogen and oxygen atoms in total. The minimum atomic E-state index is 0.256. The third kappa shape index (κ3) is 3.29. The quantitative estimate of drug-likeness (QED) is 0.765. The predicted octanol–water partition coefficient (Wildman–Crippen LogP) is 3.86. The average Bonchev–Trinajstić information content (AvgIpc) is 3.34. The zero-order chi connectivity index (χ0) is 16.2. The van der Waals surface area contributed by atoms with Crippen molar-refractivity contribution >= 4 is 17.3 Å². The van der Waals surface area contributed by atoms with Crippen LogP contribution >= 0.6 is 11.3 Å². The minimum absolute atomic E-state index is 0.256. The Labute approximate surface area is 144 Å². The van der Waals surface area contributed by atoms with Gasteiger partial charge >= 0.3 is 0 Å². The molecule has 6 heteroatoms. The van der Waals surface area contributed by atoms with Gasteiger partial charge in [0.15, 0.2) is 0 Å². The number of anilines is 1. The number of rotatable bonds is 5. The molecule has 1 fully saturated rings. The maximum atomic E-state index is 5.65. The summed E-state index contributed by atoms with van der Waals surface area (Å²) in [7, 11) is 0. The molecular weight excluding hydrogens is 320 g/mol. The highest BCUT2D eigenvalue weighted by Gasteiger charge is 2.16. The molecule has 0 saturated carbocycles. The Kier molecular flexibility index (Phi) is 4.49. The van der Waals surface area contributed by atoms with Gasteiger partial charge in [-0.25, -0.2) is 9.97 Å². The Morgan fingerprint density at radius 2 is 2.25 bits per heavy atom. The lowest BCUT2D eigenvalue weighted by Crippen LogP contribution is -2.19. The van der Waals surface area contributed by atoms with E-state index in [1.54, 1.807) is 17.5 Å². The van der Waals surface area contributed by atoms with Crippen molar-refractivity contribution in [2.75, 3.05) is 18.5 Å². The van der Waals surface area contributed by atoms with Gasteiger partial charge in [0, 0.05) is 42.9 Å². The van der Waals surface area contributed by atoms with Crippen LogP contribution in [0.5, 0.6) is 0 Å². The van der Waals surface area contributed by atoms with E-state index < -0.39 is 0 Å². The molecule has 0 radical (unpaired) electrons. The van der Waals surface area contributed by atoms with E-state index in [1.807, 2.05) is 24.5 Å². The summed E-state index contributed by atoms with van der Waals surface area (Å²) in [5.74, 6) is 0.628. The van der Waals surface area contributed by atoms with Gasteiger partial charge in [-0.05, 0) is 47.4 Å². The highest BCUT2D eigenvalue weighted by molar-refractivity contribution is 7.08. The van der Waals surface area contributed by atoms with Gasteiger partial charge in [0.2, 0.25) is 5.95 Å². The summed E-state index contributed by atoms with van der Waals surface area (Å²) < 4.78 is 5.65. The van der Waals surface area contributed by atoms with E-state index in [0.29, 0.717) is 5.95 Å². The second-order valence-electron chi connectivity index (χ2n) is 5.73. The van der Waals surface area contributed by atoms with Crippen molar-refractivity contribution in [2.24, 2.45) is 0 Å². The Morgan fingerprint density at radius 3 is 3.00 bits per heavy atom. The molecule has 0 aromatic carbocycles. The van der Waals surface area contributed by atoms with Gasteiger partial charge in [0.05, 0.1) is 11.8 Å². The molecule has 1 atom stereocenters. The van der Waals surface area contributed by atoms with Crippen LogP contribution < -0.4 is 5.32 Å². The predicted molar refractivity (Wildman–Crippen MR) is 96.0 cm³/mol. The molecule has 3 aromatic heterocycles. The van der Waals surface area contributed by atoms with Crippen LogP contribution in [0.15, 0.2) is 47.5 Å². The fourth-order valence-corrected chi connectivity index (χ4v) is 3.49. The van der Waals surface area contributed by atoms with Crippen LogP contribution in [0.2, 0.25) is 0 Å². The van der Waals surface area contributed by atoms with Crippen LogP contribution in [0.4, 0.5) is 5.95 Å². The summed E-state index contributed by atoms with van der Waals surface area (Å²) in [4.78, 5) is 13.5. The molecule has 1 aliphatic rings. The van der Waals surface area contributed by atoms with Crippen LogP contribution in [-0.4, -0.2) is 34.2 Å². The number of aromatic nitrogens is 3. The summed E-state index contributed by atoms with van der Waals surface area (Å²) >= 11 is 1.67. The zero-order valence-electron chi connectivity index (χ0n) is 13.2. The van der Waals surface area contributed by atoms with Gasteiger partial charge in [0.1, 0.15) is 0 Å². The third-order valence-corrected chi connectivity index (χ3v) is 4.75. The van der Waals surface area contributed by atoms with E-state index in [0.717, 1.165) is 48.4 Å². The van der Waals surface area contributed by atoms with Crippen molar-refractivity contribution < 1.29 is 4.74 Å². The molecule has 1 aliphatic heterocycles. The molecule has 4 rings (SSSR count). The van der Waals surface area contributed by atoms with Gasteiger partial charge in [0.25, 0.3) is 0 Å². The Bertz CT molecular complexity index is 786. The van der Waals surface area contributed by atoms with Crippen LogP contribution in [0.25, 0.3) is 22.4 Å². The molecule has 1 unspecified atom stereocenters. The first-order valence-corrected chi connectivity index (χ1v) is 9.00. The standard InChI is InChI=1S/C18H18N4OS/c1-3-13(9-19-6-1)17-16(14-5-8-24-12-14)11-21-18(22-17)20-10-15-4-2-7-23-15/h1,3,5-6,8-9,11-12,15H,2,4,7,10H2,(H,20,21,22). The van der Waals surface area contributed by atoms with Crippen molar-refractivity contribution in [3.63, 3.8) is 0 Å². The second-order valence-corrected chi connectivity index (χ2v) is 6.51. The maximum absolute atomic E-state index is 5.65. The summed E-state index contributed by atoms with van der Waals surface area (Å²) in [5, 5.41) is 7.47. The van der Waals surface area contributed by atoms with Crippen molar-refractivity contribution in [1.82, 2.24) is 15.0 Å². The van der Waals surface area contributed by atoms with E-state index in [9.17, 15) is 0 Å². The number of thiophene rings is 1. The molecule has 1 N–H and O–H groups in total. The molecule has 0 spiro atoms. The van der Waals surface area contributed by atoms with Crippen LogP contribution in [0.1, 0.15) is 12.8 Å². The maximum Gasteiger partial charge on any atom is 0.223 e. The highest BCUT2D eigenvalue weighted by Crippen LogP contribution is 2.31. The fourth-order valence-electron chi connectivity index (χ4n) is 2.83. The largest absolute Gasteiger partial charge is 0.376 e. The summed E-state index contributed by atoms with van der Waals surface area (Å²) in [6.07, 6.45) is 7.97. The van der Waals surface area contributed by atoms with Gasteiger partial charge in [-0.1, -0.05) is 0 Å². The van der Waals surface area contributed by atoms with Crippen molar-refractivity contribution in [3.8, 4) is 22.4 Å². The normalized spacial score (nSPS) is 17.1. The van der Waals surface area contributed by atoms with Gasteiger partial charge in [-0.15, -0.1) is 0 Å². The molecular formula is C18H18N4OS. The van der Waals surface area contributed by atoms with Crippen LogP contribution in [0, 0.1) is 0 Å². The lowest BCUT2D eigenvalue weighted by Gasteiger charge is -2.13. The average molecular weight is 338 g/mol. The molecule has 0 amide bonds. The number of nitrogens with one attached hydrogen (secondary N) is 1. The summed E-state index contributed by atoms with van der Waals surface area (Å²) in [5.41, 5.74) is 4.03. The Balaban J connectivity index is 1.65. The van der Waals surface area contributed by atoms with Crippen molar-refractivity contribution in [1.29, 1.82) is 0 Å². The minimum Gasteiger partial charge on any atom is -0.376 e. The van der Waals surface area contributed by atoms with E-state index in [-0.39, 0.29) is 6.10 Å². The first-order valence-electron chi connectivity index (χ1n) is 8.05. The molecule has 4 heterocycles. The first-order chi connectivity index (χ1) is 11.9. The lowest BCUT2D eigenvalue weighted by atomic mass is 10.0. The summed E-state index contributed by atoms with van der Waals surface area (Å²) in [6.45, 7) is 1.59. The monoisotopic (exact) mass is 338 g/mol. The van der Waals surface area contributed by atoms with Gasteiger partial charge < -0.3 is 10.1 Å². The zero-order valence-corrected chi connectivity index (χ0v) is 14.0. The lowest BCUT2D eigenvalue weighted by molar-refractivity contribution is 0.120. The second kappa shape index (κ2) is 7.07.